The topological polar surface area (TPSA) is 124 Å². The average Bonchev–Trinajstić information content (AvgIpc) is 2.71. The molecule has 10 nitrogen and oxygen atoms in total. The molecule has 0 bridgehead atoms. The fourth-order valence-corrected chi connectivity index (χ4v) is 2.39. The van der Waals surface area contributed by atoms with Crippen LogP contribution in [-0.4, -0.2) is 149 Å². The molecule has 170 valence electrons. The van der Waals surface area contributed by atoms with Crippen molar-refractivity contribution in [2.45, 2.75) is 0 Å². The monoisotopic (exact) mass is 412 g/mol. The van der Waals surface area contributed by atoms with Crippen molar-refractivity contribution in [3.05, 3.63) is 0 Å². The average molecular weight is 413 g/mol. The third kappa shape index (κ3) is 18.9. The third-order valence-corrected chi connectivity index (χ3v) is 3.88. The highest BCUT2D eigenvalue weighted by atomic mass is 16.5. The first-order chi connectivity index (χ1) is 13.8. The summed E-state index contributed by atoms with van der Waals surface area (Å²) in [6, 6.07) is 0. The van der Waals surface area contributed by atoms with Crippen molar-refractivity contribution < 1.29 is 39.4 Å². The van der Waals surface area contributed by atoms with E-state index < -0.39 is 0 Å². The molecule has 0 spiro atoms. The second-order valence-corrected chi connectivity index (χ2v) is 6.03. The van der Waals surface area contributed by atoms with Crippen molar-refractivity contribution in [3.8, 4) is 0 Å². The van der Waals surface area contributed by atoms with Crippen LogP contribution in [0.15, 0.2) is 0 Å². The van der Waals surface area contributed by atoms with Crippen molar-refractivity contribution in [1.29, 1.82) is 0 Å². The van der Waals surface area contributed by atoms with E-state index in [1.807, 2.05) is 0 Å². The largest absolute Gasteiger partial charge is 0.394 e. The van der Waals surface area contributed by atoms with E-state index in [0.29, 0.717) is 52.9 Å². The van der Waals surface area contributed by atoms with Crippen LogP contribution < -0.4 is 0 Å². The molecule has 0 radical (unpaired) electrons. The Balaban J connectivity index is 4.33. The molecule has 0 amide bonds. The van der Waals surface area contributed by atoms with E-state index in [9.17, 15) is 0 Å². The lowest BCUT2D eigenvalue weighted by atomic mass is 10.4. The zero-order chi connectivity index (χ0) is 20.7. The maximum absolute atomic E-state index is 8.81. The lowest BCUT2D eigenvalue weighted by Crippen LogP contribution is -2.41. The molecule has 0 aromatic heterocycles. The summed E-state index contributed by atoms with van der Waals surface area (Å²) in [4.78, 5) is 4.43. The van der Waals surface area contributed by atoms with E-state index in [4.69, 9.17) is 39.4 Å². The molecular weight excluding hydrogens is 372 g/mol. The van der Waals surface area contributed by atoms with Gasteiger partial charge < -0.3 is 39.4 Å². The van der Waals surface area contributed by atoms with Crippen LogP contribution in [0.2, 0.25) is 0 Å². The molecule has 0 unspecified atom stereocenters. The molecule has 10 heteroatoms. The number of hydrogen-bond donors (Lipinski definition) is 4. The SMILES string of the molecule is OCCOCCN(CCOCCO)CCN(CCOCCO)CCOCCO. The Kier molecular flexibility index (Phi) is 22.6. The molecule has 0 heterocycles. The zero-order valence-corrected chi connectivity index (χ0v) is 17.0. The van der Waals surface area contributed by atoms with Crippen LogP contribution in [0.5, 0.6) is 0 Å². The van der Waals surface area contributed by atoms with Gasteiger partial charge in [0.1, 0.15) is 0 Å². The normalized spacial score (nSPS) is 11.8. The summed E-state index contributed by atoms with van der Waals surface area (Å²) in [5.74, 6) is 0. The van der Waals surface area contributed by atoms with Gasteiger partial charge in [-0.15, -0.1) is 0 Å². The Labute approximate surface area is 168 Å². The second-order valence-electron chi connectivity index (χ2n) is 6.03. The van der Waals surface area contributed by atoms with E-state index in [-0.39, 0.29) is 26.4 Å². The Morgan fingerprint density at radius 2 is 0.607 bits per heavy atom. The number of nitrogens with zero attached hydrogens (tertiary/aromatic N) is 2. The maximum Gasteiger partial charge on any atom is 0.0698 e. The summed E-state index contributed by atoms with van der Waals surface area (Å²) in [6.07, 6.45) is 0. The molecule has 0 aliphatic carbocycles. The predicted molar refractivity (Wildman–Crippen MR) is 104 cm³/mol. The standard InChI is InChI=1S/C18H40N2O8/c21-7-15-25-11-3-19(4-12-26-16-8-22)1-2-20(5-13-27-17-9-23)6-14-28-18-10-24/h21-24H,1-18H2. The van der Waals surface area contributed by atoms with Crippen molar-refractivity contribution in [2.24, 2.45) is 0 Å². The molecule has 0 aliphatic rings. The zero-order valence-electron chi connectivity index (χ0n) is 17.0. The van der Waals surface area contributed by atoms with E-state index in [0.717, 1.165) is 39.3 Å². The Morgan fingerprint density at radius 1 is 0.357 bits per heavy atom. The molecule has 0 aromatic carbocycles. The van der Waals surface area contributed by atoms with Gasteiger partial charge in [-0.3, -0.25) is 9.80 Å². The van der Waals surface area contributed by atoms with Crippen molar-refractivity contribution in [3.63, 3.8) is 0 Å². The molecule has 0 aromatic rings. The van der Waals surface area contributed by atoms with Crippen molar-refractivity contribution in [2.75, 3.05) is 119 Å². The first-order valence-corrected chi connectivity index (χ1v) is 9.97. The minimum atomic E-state index is 0.00900. The minimum absolute atomic E-state index is 0.00900. The first-order valence-electron chi connectivity index (χ1n) is 9.97. The van der Waals surface area contributed by atoms with Gasteiger partial charge in [-0.1, -0.05) is 0 Å². The van der Waals surface area contributed by atoms with Gasteiger partial charge in [-0.2, -0.15) is 0 Å². The van der Waals surface area contributed by atoms with Gasteiger partial charge in [0.15, 0.2) is 0 Å². The molecule has 0 saturated heterocycles. The van der Waals surface area contributed by atoms with Crippen LogP contribution in [0.3, 0.4) is 0 Å². The van der Waals surface area contributed by atoms with Crippen LogP contribution in [-0.2, 0) is 18.9 Å². The lowest BCUT2D eigenvalue weighted by Gasteiger charge is -2.27. The summed E-state index contributed by atoms with van der Waals surface area (Å²) in [5, 5.41) is 35.2. The second kappa shape index (κ2) is 22.9. The fourth-order valence-electron chi connectivity index (χ4n) is 2.39. The maximum atomic E-state index is 8.81. The highest BCUT2D eigenvalue weighted by Gasteiger charge is 2.10. The highest BCUT2D eigenvalue weighted by Crippen LogP contribution is 1.96. The molecule has 0 rings (SSSR count). The molecular formula is C18H40N2O8. The molecule has 0 aliphatic heterocycles. The van der Waals surface area contributed by atoms with E-state index >= 15 is 0 Å². The minimum Gasteiger partial charge on any atom is -0.394 e. The number of rotatable bonds is 23. The summed E-state index contributed by atoms with van der Waals surface area (Å²) in [5.41, 5.74) is 0. The lowest BCUT2D eigenvalue weighted by molar-refractivity contribution is 0.0356. The number of hydrogen-bond acceptors (Lipinski definition) is 10. The summed E-state index contributed by atoms with van der Waals surface area (Å²) < 4.78 is 21.4. The summed E-state index contributed by atoms with van der Waals surface area (Å²) in [7, 11) is 0. The van der Waals surface area contributed by atoms with Crippen LogP contribution >= 0.6 is 0 Å². The van der Waals surface area contributed by atoms with Crippen molar-refractivity contribution in [1.82, 2.24) is 9.80 Å². The van der Waals surface area contributed by atoms with Crippen LogP contribution in [0.4, 0.5) is 0 Å². The van der Waals surface area contributed by atoms with Crippen LogP contribution in [0, 0.1) is 0 Å². The smallest absolute Gasteiger partial charge is 0.0698 e. The van der Waals surface area contributed by atoms with E-state index in [1.165, 1.54) is 0 Å². The summed E-state index contributed by atoms with van der Waals surface area (Å²) >= 11 is 0. The summed E-state index contributed by atoms with van der Waals surface area (Å²) in [6.45, 7) is 7.92. The first kappa shape index (κ1) is 27.6. The molecule has 28 heavy (non-hydrogen) atoms. The Morgan fingerprint density at radius 3 is 0.821 bits per heavy atom. The molecule has 0 atom stereocenters. The Hall–Kier alpha value is -0.400. The van der Waals surface area contributed by atoms with Gasteiger partial charge in [-0.05, 0) is 0 Å². The molecule has 0 fully saturated rings. The van der Waals surface area contributed by atoms with Gasteiger partial charge >= 0.3 is 0 Å². The van der Waals surface area contributed by atoms with Gasteiger partial charge in [0.25, 0.3) is 0 Å². The van der Waals surface area contributed by atoms with Crippen LogP contribution in [0.1, 0.15) is 0 Å². The molecule has 4 N–H and O–H groups in total. The predicted octanol–water partition coefficient (Wildman–Crippen LogP) is -2.37. The number of aliphatic hydroxyl groups is 4. The molecule has 0 saturated carbocycles. The van der Waals surface area contributed by atoms with Gasteiger partial charge in [0, 0.05) is 39.3 Å². The van der Waals surface area contributed by atoms with E-state index in [2.05, 4.69) is 9.80 Å². The van der Waals surface area contributed by atoms with Gasteiger partial charge in [-0.25, -0.2) is 0 Å². The van der Waals surface area contributed by atoms with Crippen molar-refractivity contribution >= 4 is 0 Å². The highest BCUT2D eigenvalue weighted by molar-refractivity contribution is 4.64. The fraction of sp³-hybridized carbons (Fsp3) is 1.00. The Bertz CT molecular complexity index is 251. The third-order valence-electron chi connectivity index (χ3n) is 3.88. The van der Waals surface area contributed by atoms with Gasteiger partial charge in [0.05, 0.1) is 79.3 Å². The quantitative estimate of drug-likeness (QED) is 0.135. The van der Waals surface area contributed by atoms with Gasteiger partial charge in [0.2, 0.25) is 0 Å². The van der Waals surface area contributed by atoms with Crippen LogP contribution in [0.25, 0.3) is 0 Å². The number of ether oxygens (including phenoxy) is 4. The number of aliphatic hydroxyl groups excluding tert-OH is 4. The van der Waals surface area contributed by atoms with E-state index in [1.54, 1.807) is 0 Å².